The predicted molar refractivity (Wildman–Crippen MR) is 111 cm³/mol. The second-order valence-electron chi connectivity index (χ2n) is 8.76. The molecule has 1 fully saturated rings. The van der Waals surface area contributed by atoms with E-state index in [0.717, 1.165) is 24.1 Å². The van der Waals surface area contributed by atoms with Gasteiger partial charge in [-0.1, -0.05) is 18.2 Å². The van der Waals surface area contributed by atoms with Crippen molar-refractivity contribution in [3.8, 4) is 0 Å². The standard InChI is InChI=1S/C20H28N6O2/c1-13-8-6-7-9-15(13)24-18-16(26(27)28)17(21-12-22-18)23-14-10-19(2,3)25-20(4,5)11-14/h6-9,12,14,25H,10-11H2,1-5H3,(H2,21,22,23,24). The van der Waals surface area contributed by atoms with Crippen LogP contribution >= 0.6 is 0 Å². The van der Waals surface area contributed by atoms with E-state index in [4.69, 9.17) is 0 Å². The van der Waals surface area contributed by atoms with E-state index in [1.54, 1.807) is 0 Å². The van der Waals surface area contributed by atoms with Crippen molar-refractivity contribution in [2.75, 3.05) is 10.6 Å². The Labute approximate surface area is 165 Å². The number of aromatic nitrogens is 2. The highest BCUT2D eigenvalue weighted by Gasteiger charge is 2.38. The summed E-state index contributed by atoms with van der Waals surface area (Å²) in [5.41, 5.74) is 1.46. The second-order valence-corrected chi connectivity index (χ2v) is 8.76. The first-order valence-corrected chi connectivity index (χ1v) is 9.44. The molecular formula is C20H28N6O2. The maximum absolute atomic E-state index is 11.8. The molecule has 3 N–H and O–H groups in total. The van der Waals surface area contributed by atoms with Gasteiger partial charge in [0.05, 0.1) is 4.92 Å². The van der Waals surface area contributed by atoms with E-state index in [9.17, 15) is 10.1 Å². The number of hydrogen-bond donors (Lipinski definition) is 3. The molecule has 1 aliphatic heterocycles. The molecule has 0 atom stereocenters. The van der Waals surface area contributed by atoms with Crippen LogP contribution in [0.5, 0.6) is 0 Å². The molecule has 0 bridgehead atoms. The Kier molecular flexibility index (Phi) is 5.25. The Bertz CT molecular complexity index is 865. The number of nitrogens with one attached hydrogen (secondary N) is 3. The Morgan fingerprint density at radius 2 is 1.71 bits per heavy atom. The van der Waals surface area contributed by atoms with E-state index in [1.807, 2.05) is 31.2 Å². The van der Waals surface area contributed by atoms with E-state index in [-0.39, 0.29) is 34.4 Å². The van der Waals surface area contributed by atoms with Crippen LogP contribution in [-0.2, 0) is 0 Å². The fourth-order valence-electron chi connectivity index (χ4n) is 4.21. The average Bonchev–Trinajstić information content (AvgIpc) is 2.54. The minimum absolute atomic E-state index is 0.0613. The number of piperidine rings is 1. The summed E-state index contributed by atoms with van der Waals surface area (Å²) in [6, 6.07) is 7.66. The first-order chi connectivity index (χ1) is 13.1. The first kappa shape index (κ1) is 20.0. The minimum Gasteiger partial charge on any atom is -0.361 e. The van der Waals surface area contributed by atoms with Crippen molar-refractivity contribution in [3.63, 3.8) is 0 Å². The van der Waals surface area contributed by atoms with Gasteiger partial charge in [-0.25, -0.2) is 9.97 Å². The summed E-state index contributed by atoms with van der Waals surface area (Å²) in [7, 11) is 0. The molecule has 0 aliphatic carbocycles. The largest absolute Gasteiger partial charge is 0.361 e. The number of nitro groups is 1. The zero-order chi connectivity index (χ0) is 20.5. The quantitative estimate of drug-likeness (QED) is 0.525. The van der Waals surface area contributed by atoms with Crippen molar-refractivity contribution in [3.05, 3.63) is 46.3 Å². The molecule has 1 saturated heterocycles. The molecule has 8 heteroatoms. The van der Waals surface area contributed by atoms with Gasteiger partial charge in [0.25, 0.3) is 0 Å². The van der Waals surface area contributed by atoms with Gasteiger partial charge >= 0.3 is 5.69 Å². The zero-order valence-corrected chi connectivity index (χ0v) is 17.0. The van der Waals surface area contributed by atoms with Crippen molar-refractivity contribution in [2.24, 2.45) is 0 Å². The van der Waals surface area contributed by atoms with Crippen LogP contribution in [0.1, 0.15) is 46.1 Å². The lowest BCUT2D eigenvalue weighted by atomic mass is 9.79. The first-order valence-electron chi connectivity index (χ1n) is 9.44. The fraction of sp³-hybridized carbons (Fsp3) is 0.500. The average molecular weight is 384 g/mol. The van der Waals surface area contributed by atoms with Gasteiger partial charge in [0.2, 0.25) is 11.6 Å². The zero-order valence-electron chi connectivity index (χ0n) is 17.0. The normalized spacial score (nSPS) is 18.5. The van der Waals surface area contributed by atoms with Crippen LogP contribution in [0.3, 0.4) is 0 Å². The van der Waals surface area contributed by atoms with Crippen LogP contribution in [0.15, 0.2) is 30.6 Å². The molecule has 1 aromatic heterocycles. The van der Waals surface area contributed by atoms with E-state index in [2.05, 4.69) is 53.6 Å². The third-order valence-corrected chi connectivity index (χ3v) is 4.93. The molecule has 0 radical (unpaired) electrons. The summed E-state index contributed by atoms with van der Waals surface area (Å²) in [6.07, 6.45) is 3.02. The van der Waals surface area contributed by atoms with Crippen molar-refractivity contribution >= 4 is 23.0 Å². The van der Waals surface area contributed by atoms with Crippen molar-refractivity contribution in [2.45, 2.75) is 64.6 Å². The minimum atomic E-state index is -0.430. The van der Waals surface area contributed by atoms with E-state index in [1.165, 1.54) is 6.33 Å². The molecule has 28 heavy (non-hydrogen) atoms. The van der Waals surface area contributed by atoms with Gasteiger partial charge in [-0.05, 0) is 59.1 Å². The highest BCUT2D eigenvalue weighted by Crippen LogP contribution is 2.35. The summed E-state index contributed by atoms with van der Waals surface area (Å²) in [6.45, 7) is 10.5. The Morgan fingerprint density at radius 1 is 1.11 bits per heavy atom. The molecule has 0 unspecified atom stereocenters. The summed E-state index contributed by atoms with van der Waals surface area (Å²) >= 11 is 0. The maximum atomic E-state index is 11.8. The molecule has 1 aromatic carbocycles. The van der Waals surface area contributed by atoms with Gasteiger partial charge in [-0.2, -0.15) is 0 Å². The summed E-state index contributed by atoms with van der Waals surface area (Å²) in [4.78, 5) is 19.7. The van der Waals surface area contributed by atoms with Crippen molar-refractivity contribution in [1.29, 1.82) is 0 Å². The third kappa shape index (κ3) is 4.56. The van der Waals surface area contributed by atoms with Crippen LogP contribution in [0, 0.1) is 17.0 Å². The number of anilines is 3. The van der Waals surface area contributed by atoms with Crippen LogP contribution in [0.4, 0.5) is 23.0 Å². The lowest BCUT2D eigenvalue weighted by molar-refractivity contribution is -0.383. The highest BCUT2D eigenvalue weighted by atomic mass is 16.6. The van der Waals surface area contributed by atoms with Gasteiger partial charge in [0.15, 0.2) is 0 Å². The van der Waals surface area contributed by atoms with E-state index < -0.39 is 4.92 Å². The molecule has 2 heterocycles. The van der Waals surface area contributed by atoms with Crippen molar-refractivity contribution in [1.82, 2.24) is 15.3 Å². The van der Waals surface area contributed by atoms with Gasteiger partial charge in [-0.3, -0.25) is 10.1 Å². The summed E-state index contributed by atoms with van der Waals surface area (Å²) in [5, 5.41) is 21.9. The highest BCUT2D eigenvalue weighted by molar-refractivity contribution is 5.74. The maximum Gasteiger partial charge on any atom is 0.353 e. The van der Waals surface area contributed by atoms with Crippen molar-refractivity contribution < 1.29 is 4.92 Å². The molecule has 1 aliphatic rings. The monoisotopic (exact) mass is 384 g/mol. The van der Waals surface area contributed by atoms with E-state index in [0.29, 0.717) is 0 Å². The topological polar surface area (TPSA) is 105 Å². The number of nitrogens with zero attached hydrogens (tertiary/aromatic N) is 3. The second kappa shape index (κ2) is 7.35. The predicted octanol–water partition coefficient (Wildman–Crippen LogP) is 4.16. The van der Waals surface area contributed by atoms with Crippen LogP contribution < -0.4 is 16.0 Å². The third-order valence-electron chi connectivity index (χ3n) is 4.93. The molecule has 0 saturated carbocycles. The molecule has 0 spiro atoms. The van der Waals surface area contributed by atoms with Gasteiger partial charge in [0, 0.05) is 22.8 Å². The number of benzene rings is 1. The molecule has 150 valence electrons. The lowest BCUT2D eigenvalue weighted by Crippen LogP contribution is -2.60. The lowest BCUT2D eigenvalue weighted by Gasteiger charge is -2.46. The van der Waals surface area contributed by atoms with Gasteiger partial charge in [0.1, 0.15) is 6.33 Å². The number of rotatable bonds is 5. The summed E-state index contributed by atoms with van der Waals surface area (Å²) in [5.74, 6) is 0.429. The Hall–Kier alpha value is -2.74. The Balaban J connectivity index is 1.92. The number of para-hydroxylation sites is 1. The van der Waals surface area contributed by atoms with E-state index >= 15 is 0 Å². The van der Waals surface area contributed by atoms with Gasteiger partial charge in [-0.15, -0.1) is 0 Å². The fourth-order valence-corrected chi connectivity index (χ4v) is 4.21. The van der Waals surface area contributed by atoms with Crippen LogP contribution in [0.25, 0.3) is 0 Å². The smallest absolute Gasteiger partial charge is 0.353 e. The summed E-state index contributed by atoms with van der Waals surface area (Å²) < 4.78 is 0. The number of hydrogen-bond acceptors (Lipinski definition) is 7. The molecular weight excluding hydrogens is 356 g/mol. The number of aryl methyl sites for hydroxylation is 1. The molecule has 2 aromatic rings. The Morgan fingerprint density at radius 3 is 2.32 bits per heavy atom. The molecule has 0 amide bonds. The molecule has 3 rings (SSSR count). The van der Waals surface area contributed by atoms with Crippen LogP contribution in [0.2, 0.25) is 0 Å². The van der Waals surface area contributed by atoms with Crippen LogP contribution in [-0.4, -0.2) is 32.0 Å². The molecule has 8 nitrogen and oxygen atoms in total. The SMILES string of the molecule is Cc1ccccc1Nc1ncnc(NC2CC(C)(C)NC(C)(C)C2)c1[N+](=O)[O-]. The van der Waals surface area contributed by atoms with Gasteiger partial charge < -0.3 is 16.0 Å².